The molecule has 4 nitrogen and oxygen atoms in total. The number of halogens is 1. The maximum Gasteiger partial charge on any atom is 0.236 e. The van der Waals surface area contributed by atoms with Crippen LogP contribution in [0.3, 0.4) is 0 Å². The monoisotopic (exact) mass is 293 g/mol. The van der Waals surface area contributed by atoms with Gasteiger partial charge in [-0.2, -0.15) is 5.10 Å². The third-order valence-electron chi connectivity index (χ3n) is 2.48. The van der Waals surface area contributed by atoms with Crippen LogP contribution in [0.1, 0.15) is 5.56 Å². The van der Waals surface area contributed by atoms with Gasteiger partial charge in [0, 0.05) is 10.3 Å². The van der Waals surface area contributed by atoms with Crippen LogP contribution in [-0.2, 0) is 4.79 Å². The molecule has 1 fully saturated rings. The number of carbonyl (C=O) groups excluding carboxylic acids is 1. The Morgan fingerprint density at radius 3 is 3.11 bits per heavy atom. The summed E-state index contributed by atoms with van der Waals surface area (Å²) >= 11 is 2.82. The highest BCUT2D eigenvalue weighted by Crippen LogP contribution is 2.25. The molecule has 1 aliphatic heterocycles. The summed E-state index contributed by atoms with van der Waals surface area (Å²) < 4.78 is 14.4. The van der Waals surface area contributed by atoms with Crippen molar-refractivity contribution < 1.29 is 9.18 Å². The van der Waals surface area contributed by atoms with Crippen molar-refractivity contribution in [3.05, 3.63) is 35.0 Å². The van der Waals surface area contributed by atoms with Gasteiger partial charge in [-0.15, -0.1) is 16.4 Å². The van der Waals surface area contributed by atoms with E-state index in [1.54, 1.807) is 0 Å². The molecule has 1 amide bonds. The van der Waals surface area contributed by atoms with E-state index in [0.29, 0.717) is 16.5 Å². The van der Waals surface area contributed by atoms with Crippen LogP contribution < -0.4 is 5.32 Å². The lowest BCUT2D eigenvalue weighted by atomic mass is 10.2. The largest absolute Gasteiger partial charge is 0.303 e. The summed E-state index contributed by atoms with van der Waals surface area (Å²) in [5.74, 6) is -0.0161. The zero-order valence-corrected chi connectivity index (χ0v) is 11.2. The SMILES string of the molecule is O=C1CSC(=NN=Cc2cc(F)cc3ccsc23)N1. The van der Waals surface area contributed by atoms with Gasteiger partial charge in [-0.3, -0.25) is 4.79 Å². The number of rotatable bonds is 2. The third-order valence-corrected chi connectivity index (χ3v) is 4.32. The highest BCUT2D eigenvalue weighted by Gasteiger charge is 2.15. The van der Waals surface area contributed by atoms with Crippen molar-refractivity contribution in [2.75, 3.05) is 5.75 Å². The van der Waals surface area contributed by atoms with Gasteiger partial charge in [-0.05, 0) is 29.0 Å². The van der Waals surface area contributed by atoms with Crippen molar-refractivity contribution in [3.63, 3.8) is 0 Å². The first-order chi connectivity index (χ1) is 9.22. The summed E-state index contributed by atoms with van der Waals surface area (Å²) in [6, 6.07) is 4.77. The second-order valence-electron chi connectivity index (χ2n) is 3.82. The van der Waals surface area contributed by atoms with E-state index in [-0.39, 0.29) is 11.7 Å². The molecule has 1 N–H and O–H groups in total. The van der Waals surface area contributed by atoms with Crippen molar-refractivity contribution in [3.8, 4) is 0 Å². The van der Waals surface area contributed by atoms with E-state index in [9.17, 15) is 9.18 Å². The quantitative estimate of drug-likeness (QED) is 0.683. The van der Waals surface area contributed by atoms with E-state index in [4.69, 9.17) is 0 Å². The lowest BCUT2D eigenvalue weighted by Crippen LogP contribution is -2.19. The van der Waals surface area contributed by atoms with E-state index < -0.39 is 0 Å². The minimum atomic E-state index is -0.302. The molecule has 1 aromatic heterocycles. The summed E-state index contributed by atoms with van der Waals surface area (Å²) in [5.41, 5.74) is 0.684. The van der Waals surface area contributed by atoms with Crippen LogP contribution in [0.15, 0.2) is 33.8 Å². The van der Waals surface area contributed by atoms with Crippen molar-refractivity contribution in [1.29, 1.82) is 0 Å². The molecule has 0 saturated carbocycles. The number of amidine groups is 1. The van der Waals surface area contributed by atoms with Gasteiger partial charge in [0.05, 0.1) is 12.0 Å². The van der Waals surface area contributed by atoms with Gasteiger partial charge in [0.2, 0.25) is 5.91 Å². The topological polar surface area (TPSA) is 53.8 Å². The molecule has 2 aromatic rings. The first-order valence-electron chi connectivity index (χ1n) is 5.43. The third kappa shape index (κ3) is 2.66. The van der Waals surface area contributed by atoms with Gasteiger partial charge in [-0.25, -0.2) is 4.39 Å². The fourth-order valence-corrected chi connectivity index (χ4v) is 3.18. The minimum Gasteiger partial charge on any atom is -0.303 e. The van der Waals surface area contributed by atoms with Crippen LogP contribution >= 0.6 is 23.1 Å². The molecule has 0 bridgehead atoms. The Balaban J connectivity index is 1.88. The Morgan fingerprint density at radius 1 is 1.42 bits per heavy atom. The van der Waals surface area contributed by atoms with E-state index in [1.165, 1.54) is 41.4 Å². The molecule has 0 spiro atoms. The molecular weight excluding hydrogens is 285 g/mol. The van der Waals surface area contributed by atoms with Crippen LogP contribution in [0.25, 0.3) is 10.1 Å². The summed E-state index contributed by atoms with van der Waals surface area (Å²) in [4.78, 5) is 11.0. The molecule has 7 heteroatoms. The Bertz CT molecular complexity index is 708. The summed E-state index contributed by atoms with van der Waals surface area (Å²) in [5, 5.41) is 13.6. The number of thiophene rings is 1. The molecule has 3 rings (SSSR count). The molecule has 1 aliphatic rings. The second kappa shape index (κ2) is 5.10. The van der Waals surface area contributed by atoms with Crippen molar-refractivity contribution in [1.82, 2.24) is 5.32 Å². The van der Waals surface area contributed by atoms with Crippen molar-refractivity contribution >= 4 is 50.5 Å². The Hall–Kier alpha value is -1.73. The average molecular weight is 293 g/mol. The van der Waals surface area contributed by atoms with Crippen LogP contribution in [0.2, 0.25) is 0 Å². The molecule has 0 atom stereocenters. The number of carbonyl (C=O) groups is 1. The van der Waals surface area contributed by atoms with Crippen LogP contribution in [-0.4, -0.2) is 23.0 Å². The molecule has 19 heavy (non-hydrogen) atoms. The van der Waals surface area contributed by atoms with E-state index in [2.05, 4.69) is 15.5 Å². The van der Waals surface area contributed by atoms with Crippen molar-refractivity contribution in [2.45, 2.75) is 0 Å². The van der Waals surface area contributed by atoms with Crippen LogP contribution in [0.4, 0.5) is 4.39 Å². The molecule has 96 valence electrons. The number of amides is 1. The van der Waals surface area contributed by atoms with Gasteiger partial charge in [0.1, 0.15) is 5.82 Å². The number of nitrogens with zero attached hydrogens (tertiary/aromatic N) is 2. The fraction of sp³-hybridized carbons (Fsp3) is 0.0833. The molecule has 1 saturated heterocycles. The maximum absolute atomic E-state index is 13.4. The number of hydrogen-bond acceptors (Lipinski definition) is 5. The number of thioether (sulfide) groups is 1. The van der Waals surface area contributed by atoms with E-state index in [1.807, 2.05) is 11.4 Å². The first kappa shape index (κ1) is 12.3. The Morgan fingerprint density at radius 2 is 2.32 bits per heavy atom. The lowest BCUT2D eigenvalue weighted by Gasteiger charge is -1.96. The van der Waals surface area contributed by atoms with Gasteiger partial charge in [0.15, 0.2) is 5.17 Å². The predicted octanol–water partition coefficient (Wildman–Crippen LogP) is 2.59. The minimum absolute atomic E-state index is 0.0784. The molecule has 2 heterocycles. The van der Waals surface area contributed by atoms with E-state index in [0.717, 1.165) is 10.1 Å². The normalized spacial score (nSPS) is 17.7. The average Bonchev–Trinajstić information content (AvgIpc) is 2.98. The number of benzene rings is 1. The fourth-order valence-electron chi connectivity index (χ4n) is 1.69. The Kier molecular flexibility index (Phi) is 3.31. The molecule has 0 unspecified atom stereocenters. The lowest BCUT2D eigenvalue weighted by molar-refractivity contribution is -0.116. The highest BCUT2D eigenvalue weighted by molar-refractivity contribution is 8.15. The number of nitrogens with one attached hydrogen (secondary N) is 1. The Labute approximate surface area is 116 Å². The zero-order chi connectivity index (χ0) is 13.2. The predicted molar refractivity (Wildman–Crippen MR) is 77.4 cm³/mol. The van der Waals surface area contributed by atoms with Gasteiger partial charge in [0.25, 0.3) is 0 Å². The summed E-state index contributed by atoms with van der Waals surface area (Å²) in [6.45, 7) is 0. The summed E-state index contributed by atoms with van der Waals surface area (Å²) in [6.07, 6.45) is 1.50. The number of hydrogen-bond donors (Lipinski definition) is 1. The van der Waals surface area contributed by atoms with E-state index >= 15 is 0 Å². The zero-order valence-electron chi connectivity index (χ0n) is 9.59. The highest BCUT2D eigenvalue weighted by atomic mass is 32.2. The first-order valence-corrected chi connectivity index (χ1v) is 7.29. The van der Waals surface area contributed by atoms with Gasteiger partial charge < -0.3 is 5.32 Å². The van der Waals surface area contributed by atoms with Crippen LogP contribution in [0.5, 0.6) is 0 Å². The second-order valence-corrected chi connectivity index (χ2v) is 5.70. The summed E-state index contributed by atoms with van der Waals surface area (Å²) in [7, 11) is 0. The molecule has 0 aliphatic carbocycles. The van der Waals surface area contributed by atoms with Gasteiger partial charge in [-0.1, -0.05) is 11.8 Å². The smallest absolute Gasteiger partial charge is 0.236 e. The van der Waals surface area contributed by atoms with Gasteiger partial charge >= 0.3 is 0 Å². The van der Waals surface area contributed by atoms with Crippen LogP contribution in [0, 0.1) is 5.82 Å². The number of fused-ring (bicyclic) bond motifs is 1. The van der Waals surface area contributed by atoms with Crippen molar-refractivity contribution in [2.24, 2.45) is 10.2 Å². The molecular formula is C12H8FN3OS2. The molecule has 1 aromatic carbocycles. The molecule has 0 radical (unpaired) electrons. The maximum atomic E-state index is 13.4. The standard InChI is InChI=1S/C12H8FN3OS2/c13-9-3-7-1-2-18-11(7)8(4-9)5-14-16-12-15-10(17)6-19-12/h1-5H,6H2,(H,15,16,17).